The predicted molar refractivity (Wildman–Crippen MR) is 65.5 cm³/mol. The molecule has 0 saturated heterocycles. The summed E-state index contributed by atoms with van der Waals surface area (Å²) in [7, 11) is 1.62. The van der Waals surface area contributed by atoms with Gasteiger partial charge in [-0.25, -0.2) is 0 Å². The van der Waals surface area contributed by atoms with Crippen molar-refractivity contribution in [3.8, 4) is 0 Å². The Labute approximate surface area is 100 Å². The first-order valence-electron chi connectivity index (χ1n) is 5.19. The number of aliphatic hydroxyl groups excluding tert-OH is 1. The molecule has 0 amide bonds. The van der Waals surface area contributed by atoms with Gasteiger partial charge in [-0.05, 0) is 18.4 Å². The fourth-order valence-electron chi connectivity index (χ4n) is 1.36. The van der Waals surface area contributed by atoms with E-state index in [1.54, 1.807) is 18.9 Å². The Bertz CT molecular complexity index is 291. The maximum absolute atomic E-state index is 9.05. The highest BCUT2D eigenvalue weighted by Gasteiger charge is 2.07. The summed E-state index contributed by atoms with van der Waals surface area (Å²) in [6, 6.07) is 3.90. The van der Waals surface area contributed by atoms with Crippen LogP contribution in [-0.2, 0) is 17.0 Å². The van der Waals surface area contributed by atoms with Crippen LogP contribution in [0.5, 0.6) is 0 Å². The summed E-state index contributed by atoms with van der Waals surface area (Å²) in [5, 5.41) is 12.2. The van der Waals surface area contributed by atoms with Gasteiger partial charge in [-0.15, -0.1) is 0 Å². The van der Waals surface area contributed by atoms with Crippen LogP contribution in [-0.4, -0.2) is 37.7 Å². The van der Waals surface area contributed by atoms with Gasteiger partial charge in [-0.2, -0.15) is 11.8 Å². The van der Waals surface area contributed by atoms with Gasteiger partial charge in [0.25, 0.3) is 0 Å². The molecule has 1 heterocycles. The highest BCUT2D eigenvalue weighted by atomic mass is 32.2. The molecule has 1 atom stereocenters. The van der Waals surface area contributed by atoms with E-state index >= 15 is 0 Å². The molecule has 4 nitrogen and oxygen atoms in total. The molecule has 1 rings (SSSR count). The Morgan fingerprint density at radius 3 is 2.88 bits per heavy atom. The molecule has 1 aromatic rings. The zero-order chi connectivity index (χ0) is 11.8. The van der Waals surface area contributed by atoms with E-state index in [0.29, 0.717) is 13.2 Å². The average molecular weight is 245 g/mol. The van der Waals surface area contributed by atoms with E-state index in [1.165, 1.54) is 0 Å². The molecular weight excluding hydrogens is 226 g/mol. The summed E-state index contributed by atoms with van der Waals surface area (Å²) >= 11 is 1.73. The lowest BCUT2D eigenvalue weighted by molar-refractivity contribution is 0.127. The lowest BCUT2D eigenvalue weighted by atomic mass is 10.3. The molecular formula is C11H19NO3S. The van der Waals surface area contributed by atoms with E-state index in [4.69, 9.17) is 14.3 Å². The van der Waals surface area contributed by atoms with Gasteiger partial charge >= 0.3 is 0 Å². The SMILES string of the molecule is COCC(CO)NCc1ccc(CSC)o1. The minimum atomic E-state index is -0.0425. The zero-order valence-corrected chi connectivity index (χ0v) is 10.5. The molecule has 92 valence electrons. The van der Waals surface area contributed by atoms with Crippen molar-refractivity contribution in [3.63, 3.8) is 0 Å². The second-order valence-electron chi connectivity index (χ2n) is 3.52. The van der Waals surface area contributed by atoms with E-state index < -0.39 is 0 Å². The Morgan fingerprint density at radius 2 is 2.25 bits per heavy atom. The van der Waals surface area contributed by atoms with Crippen LogP contribution >= 0.6 is 11.8 Å². The van der Waals surface area contributed by atoms with Gasteiger partial charge < -0.3 is 19.6 Å². The maximum Gasteiger partial charge on any atom is 0.118 e. The molecule has 5 heteroatoms. The van der Waals surface area contributed by atoms with Crippen molar-refractivity contribution >= 4 is 11.8 Å². The van der Waals surface area contributed by atoms with Crippen LogP contribution in [0.15, 0.2) is 16.5 Å². The third kappa shape index (κ3) is 4.57. The van der Waals surface area contributed by atoms with E-state index in [0.717, 1.165) is 17.3 Å². The lowest BCUT2D eigenvalue weighted by Gasteiger charge is -2.13. The van der Waals surface area contributed by atoms with E-state index in [1.807, 2.05) is 18.4 Å². The summed E-state index contributed by atoms with van der Waals surface area (Å²) < 4.78 is 10.6. The summed E-state index contributed by atoms with van der Waals surface area (Å²) in [6.45, 7) is 1.17. The van der Waals surface area contributed by atoms with Gasteiger partial charge in [-0.3, -0.25) is 0 Å². The van der Waals surface area contributed by atoms with Crippen molar-refractivity contribution in [2.24, 2.45) is 0 Å². The van der Waals surface area contributed by atoms with Crippen LogP contribution in [0.25, 0.3) is 0 Å². The Balaban J connectivity index is 2.34. The molecule has 0 fully saturated rings. The number of nitrogens with one attached hydrogen (secondary N) is 1. The smallest absolute Gasteiger partial charge is 0.118 e. The molecule has 0 aliphatic rings. The van der Waals surface area contributed by atoms with Crippen molar-refractivity contribution < 1.29 is 14.3 Å². The van der Waals surface area contributed by atoms with Crippen LogP contribution in [0.1, 0.15) is 11.5 Å². The maximum atomic E-state index is 9.05. The van der Waals surface area contributed by atoms with Gasteiger partial charge in [0.15, 0.2) is 0 Å². The van der Waals surface area contributed by atoms with Crippen LogP contribution in [0, 0.1) is 0 Å². The first-order chi connectivity index (χ1) is 7.80. The average Bonchev–Trinajstić information content (AvgIpc) is 2.72. The summed E-state index contributed by atoms with van der Waals surface area (Å²) in [4.78, 5) is 0. The number of ether oxygens (including phenoxy) is 1. The molecule has 0 spiro atoms. The third-order valence-corrected chi connectivity index (χ3v) is 2.73. The number of hydrogen-bond acceptors (Lipinski definition) is 5. The predicted octanol–water partition coefficient (Wildman–Crippen LogP) is 1.24. The number of hydrogen-bond donors (Lipinski definition) is 2. The summed E-state index contributed by atoms with van der Waals surface area (Å²) in [5.74, 6) is 2.76. The fraction of sp³-hybridized carbons (Fsp3) is 0.636. The first-order valence-corrected chi connectivity index (χ1v) is 6.59. The second-order valence-corrected chi connectivity index (χ2v) is 4.38. The molecule has 0 saturated carbocycles. The molecule has 0 aliphatic carbocycles. The molecule has 0 aliphatic heterocycles. The zero-order valence-electron chi connectivity index (χ0n) is 9.73. The van der Waals surface area contributed by atoms with Gasteiger partial charge in [0.1, 0.15) is 11.5 Å². The Kier molecular flexibility index (Phi) is 6.56. The molecule has 0 bridgehead atoms. The van der Waals surface area contributed by atoms with Gasteiger partial charge in [0.05, 0.1) is 31.6 Å². The highest BCUT2D eigenvalue weighted by Crippen LogP contribution is 2.13. The number of aliphatic hydroxyl groups is 1. The van der Waals surface area contributed by atoms with Crippen molar-refractivity contribution in [3.05, 3.63) is 23.7 Å². The molecule has 1 aromatic heterocycles. The van der Waals surface area contributed by atoms with Crippen molar-refractivity contribution in [1.82, 2.24) is 5.32 Å². The number of thioether (sulfide) groups is 1. The molecule has 2 N–H and O–H groups in total. The standard InChI is InChI=1S/C11H19NO3S/c1-14-7-9(6-13)12-5-10-3-4-11(15-10)8-16-2/h3-4,9,12-13H,5-8H2,1-2H3. The van der Waals surface area contributed by atoms with Gasteiger partial charge in [-0.1, -0.05) is 0 Å². The third-order valence-electron chi connectivity index (χ3n) is 2.16. The van der Waals surface area contributed by atoms with E-state index in [9.17, 15) is 0 Å². The van der Waals surface area contributed by atoms with Gasteiger partial charge in [0.2, 0.25) is 0 Å². The number of methoxy groups -OCH3 is 1. The monoisotopic (exact) mass is 245 g/mol. The second kappa shape index (κ2) is 7.73. The number of furan rings is 1. The van der Waals surface area contributed by atoms with Crippen molar-refractivity contribution in [2.75, 3.05) is 26.6 Å². The normalized spacial score (nSPS) is 12.9. The van der Waals surface area contributed by atoms with Gasteiger partial charge in [0, 0.05) is 7.11 Å². The van der Waals surface area contributed by atoms with Crippen molar-refractivity contribution in [1.29, 1.82) is 0 Å². The van der Waals surface area contributed by atoms with Crippen LogP contribution < -0.4 is 5.32 Å². The molecule has 16 heavy (non-hydrogen) atoms. The van der Waals surface area contributed by atoms with Crippen molar-refractivity contribution in [2.45, 2.75) is 18.3 Å². The topological polar surface area (TPSA) is 54.6 Å². The number of rotatable bonds is 8. The van der Waals surface area contributed by atoms with Crippen LogP contribution in [0.3, 0.4) is 0 Å². The lowest BCUT2D eigenvalue weighted by Crippen LogP contribution is -2.35. The first kappa shape index (κ1) is 13.6. The van der Waals surface area contributed by atoms with Crippen LogP contribution in [0.4, 0.5) is 0 Å². The molecule has 1 unspecified atom stereocenters. The minimum Gasteiger partial charge on any atom is -0.464 e. The largest absolute Gasteiger partial charge is 0.464 e. The summed E-state index contributed by atoms with van der Waals surface area (Å²) in [5.41, 5.74) is 0. The molecule has 0 aromatic carbocycles. The Morgan fingerprint density at radius 1 is 1.50 bits per heavy atom. The molecule has 0 radical (unpaired) electrons. The highest BCUT2D eigenvalue weighted by molar-refractivity contribution is 7.97. The fourth-order valence-corrected chi connectivity index (χ4v) is 1.80. The van der Waals surface area contributed by atoms with Crippen LogP contribution in [0.2, 0.25) is 0 Å². The quantitative estimate of drug-likeness (QED) is 0.721. The minimum absolute atomic E-state index is 0.0425. The Hall–Kier alpha value is -0.490. The summed E-state index contributed by atoms with van der Waals surface area (Å²) in [6.07, 6.45) is 2.04. The van der Waals surface area contributed by atoms with E-state index in [2.05, 4.69) is 5.32 Å². The van der Waals surface area contributed by atoms with E-state index in [-0.39, 0.29) is 12.6 Å².